The van der Waals surface area contributed by atoms with Crippen molar-refractivity contribution in [3.8, 4) is 0 Å². The predicted octanol–water partition coefficient (Wildman–Crippen LogP) is 3.91. The molecular weight excluding hydrogens is 278 g/mol. The molecule has 1 atom stereocenters. The fraction of sp³-hybridized carbons (Fsp3) is 0.765. The lowest BCUT2D eigenvalue weighted by molar-refractivity contribution is 0.517. The van der Waals surface area contributed by atoms with E-state index in [9.17, 15) is 0 Å². The van der Waals surface area contributed by atoms with E-state index in [0.717, 1.165) is 42.5 Å². The quantitative estimate of drug-likeness (QED) is 0.828. The summed E-state index contributed by atoms with van der Waals surface area (Å²) >= 11 is 1.90. The van der Waals surface area contributed by atoms with Crippen molar-refractivity contribution >= 4 is 11.8 Å². The van der Waals surface area contributed by atoms with Crippen molar-refractivity contribution in [2.24, 2.45) is 5.92 Å². The van der Waals surface area contributed by atoms with Gasteiger partial charge in [-0.2, -0.15) is 0 Å². The van der Waals surface area contributed by atoms with Gasteiger partial charge in [0.25, 0.3) is 0 Å². The maximum Gasteiger partial charge on any atom is 0.138 e. The first kappa shape index (κ1) is 18.4. The molecule has 0 aromatic carbocycles. The summed E-state index contributed by atoms with van der Waals surface area (Å²) in [6.07, 6.45) is 1.05. The Morgan fingerprint density at radius 3 is 2.19 bits per heavy atom. The Morgan fingerprint density at radius 2 is 1.71 bits per heavy atom. The summed E-state index contributed by atoms with van der Waals surface area (Å²) in [5.74, 6) is 2.46. The van der Waals surface area contributed by atoms with Crippen LogP contribution in [0, 0.1) is 19.8 Å². The first-order valence-electron chi connectivity index (χ1n) is 7.90. The van der Waals surface area contributed by atoms with Gasteiger partial charge in [-0.15, -0.1) is 11.8 Å². The van der Waals surface area contributed by atoms with Crippen LogP contribution in [0.3, 0.4) is 0 Å². The zero-order valence-corrected chi connectivity index (χ0v) is 15.5. The second-order valence-electron chi connectivity index (χ2n) is 6.81. The van der Waals surface area contributed by atoms with Gasteiger partial charge in [0.15, 0.2) is 0 Å². The molecule has 21 heavy (non-hydrogen) atoms. The molecule has 4 heteroatoms. The predicted molar refractivity (Wildman–Crippen MR) is 94.0 cm³/mol. The number of nitrogens with one attached hydrogen (secondary N) is 1. The van der Waals surface area contributed by atoms with Gasteiger partial charge in [-0.05, 0) is 44.8 Å². The van der Waals surface area contributed by atoms with E-state index in [1.165, 1.54) is 5.56 Å². The van der Waals surface area contributed by atoms with Crippen molar-refractivity contribution in [3.63, 3.8) is 0 Å². The average Bonchev–Trinajstić information content (AvgIpc) is 2.37. The molecule has 1 N–H and O–H groups in total. The highest BCUT2D eigenvalue weighted by molar-refractivity contribution is 7.99. The van der Waals surface area contributed by atoms with Crippen LogP contribution in [0.5, 0.6) is 0 Å². The van der Waals surface area contributed by atoms with Crippen LogP contribution in [0.2, 0.25) is 0 Å². The van der Waals surface area contributed by atoms with E-state index in [4.69, 9.17) is 9.97 Å². The van der Waals surface area contributed by atoms with Crippen LogP contribution in [0.15, 0.2) is 0 Å². The van der Waals surface area contributed by atoms with Crippen LogP contribution < -0.4 is 5.32 Å². The summed E-state index contributed by atoms with van der Waals surface area (Å²) in [5, 5.41) is 3.41. The molecule has 0 radical (unpaired) electrons. The smallest absolute Gasteiger partial charge is 0.138 e. The molecule has 0 aliphatic carbocycles. The lowest BCUT2D eigenvalue weighted by Gasteiger charge is -2.18. The second-order valence-corrected chi connectivity index (χ2v) is 8.61. The summed E-state index contributed by atoms with van der Waals surface area (Å²) in [6, 6.07) is 0. The van der Waals surface area contributed by atoms with Crippen molar-refractivity contribution in [1.82, 2.24) is 15.3 Å². The molecule has 0 aliphatic heterocycles. The number of aryl methyl sites for hydroxylation is 2. The van der Waals surface area contributed by atoms with Crippen molar-refractivity contribution in [1.29, 1.82) is 0 Å². The number of hydrogen-bond acceptors (Lipinski definition) is 4. The van der Waals surface area contributed by atoms with Gasteiger partial charge in [0.1, 0.15) is 5.82 Å². The fourth-order valence-corrected chi connectivity index (χ4v) is 2.95. The van der Waals surface area contributed by atoms with Gasteiger partial charge < -0.3 is 5.32 Å². The molecule has 1 rings (SSSR count). The first-order valence-corrected chi connectivity index (χ1v) is 8.89. The molecule has 0 spiro atoms. The maximum absolute atomic E-state index is 4.72. The third-order valence-corrected chi connectivity index (χ3v) is 4.67. The molecule has 0 fully saturated rings. The fourth-order valence-electron chi connectivity index (χ4n) is 2.26. The summed E-state index contributed by atoms with van der Waals surface area (Å²) in [7, 11) is 0. The third-order valence-electron chi connectivity index (χ3n) is 3.40. The summed E-state index contributed by atoms with van der Waals surface area (Å²) in [5.41, 5.74) is 3.62. The normalized spacial score (nSPS) is 13.5. The van der Waals surface area contributed by atoms with Gasteiger partial charge in [-0.1, -0.05) is 34.6 Å². The minimum Gasteiger partial charge on any atom is -0.317 e. The number of aromatic nitrogens is 2. The van der Waals surface area contributed by atoms with E-state index in [2.05, 4.69) is 53.8 Å². The van der Waals surface area contributed by atoms with Gasteiger partial charge >= 0.3 is 0 Å². The van der Waals surface area contributed by atoms with Crippen LogP contribution in [-0.2, 0) is 12.2 Å². The van der Waals surface area contributed by atoms with Crippen molar-refractivity contribution < 1.29 is 0 Å². The molecule has 120 valence electrons. The molecule has 0 bridgehead atoms. The standard InChI is InChI=1S/C17H31N3S/c1-8-18-10-12(2)9-15-13(3)19-16(20-14(15)4)11-21-17(5,6)7/h12,18H,8-11H2,1-7H3. The zero-order valence-electron chi connectivity index (χ0n) is 14.7. The molecule has 1 heterocycles. The number of nitrogens with zero attached hydrogens (tertiary/aromatic N) is 2. The van der Waals surface area contributed by atoms with Crippen molar-refractivity contribution in [3.05, 3.63) is 22.8 Å². The largest absolute Gasteiger partial charge is 0.317 e. The second kappa shape index (κ2) is 8.14. The summed E-state index contributed by atoms with van der Waals surface area (Å²) < 4.78 is 0.254. The topological polar surface area (TPSA) is 37.8 Å². The lowest BCUT2D eigenvalue weighted by atomic mass is 9.98. The van der Waals surface area contributed by atoms with Gasteiger partial charge in [-0.25, -0.2) is 9.97 Å². The monoisotopic (exact) mass is 309 g/mol. The molecule has 0 aliphatic rings. The number of hydrogen-bond donors (Lipinski definition) is 1. The van der Waals surface area contributed by atoms with E-state index in [-0.39, 0.29) is 4.75 Å². The van der Waals surface area contributed by atoms with Gasteiger partial charge in [0, 0.05) is 16.1 Å². The zero-order chi connectivity index (χ0) is 16.0. The molecule has 1 aromatic heterocycles. The van der Waals surface area contributed by atoms with E-state index in [1.54, 1.807) is 0 Å². The van der Waals surface area contributed by atoms with Crippen LogP contribution in [0.1, 0.15) is 57.4 Å². The molecule has 0 saturated heterocycles. The number of rotatable bonds is 7. The number of thioether (sulfide) groups is 1. The van der Waals surface area contributed by atoms with E-state index in [1.807, 2.05) is 11.8 Å². The Bertz CT molecular complexity index is 429. The lowest BCUT2D eigenvalue weighted by Crippen LogP contribution is -2.22. The van der Waals surface area contributed by atoms with Crippen molar-refractivity contribution in [2.75, 3.05) is 13.1 Å². The third kappa shape index (κ3) is 6.79. The Morgan fingerprint density at radius 1 is 1.14 bits per heavy atom. The summed E-state index contributed by atoms with van der Waals surface area (Å²) in [4.78, 5) is 9.44. The van der Waals surface area contributed by atoms with Crippen molar-refractivity contribution in [2.45, 2.75) is 65.4 Å². The van der Waals surface area contributed by atoms with Gasteiger partial charge in [0.05, 0.1) is 5.75 Å². The summed E-state index contributed by atoms with van der Waals surface area (Å²) in [6.45, 7) is 17.4. The SMILES string of the molecule is CCNCC(C)Cc1c(C)nc(CSC(C)(C)C)nc1C. The van der Waals surface area contributed by atoms with E-state index < -0.39 is 0 Å². The molecule has 1 aromatic rings. The Kier molecular flexibility index (Phi) is 7.14. The molecule has 1 unspecified atom stereocenters. The molecule has 0 saturated carbocycles. The van der Waals surface area contributed by atoms with Crippen LogP contribution in [-0.4, -0.2) is 27.8 Å². The highest BCUT2D eigenvalue weighted by atomic mass is 32.2. The highest BCUT2D eigenvalue weighted by Crippen LogP contribution is 2.26. The Hall–Kier alpha value is -0.610. The van der Waals surface area contributed by atoms with Crippen LogP contribution >= 0.6 is 11.8 Å². The molecule has 3 nitrogen and oxygen atoms in total. The minimum absolute atomic E-state index is 0.254. The highest BCUT2D eigenvalue weighted by Gasteiger charge is 2.15. The molecular formula is C17H31N3S. The van der Waals surface area contributed by atoms with E-state index in [0.29, 0.717) is 5.92 Å². The molecule has 0 amide bonds. The van der Waals surface area contributed by atoms with Crippen LogP contribution in [0.4, 0.5) is 0 Å². The Balaban J connectivity index is 2.75. The minimum atomic E-state index is 0.254. The Labute approximate surface area is 134 Å². The van der Waals surface area contributed by atoms with Crippen LogP contribution in [0.25, 0.3) is 0 Å². The van der Waals surface area contributed by atoms with Gasteiger partial charge in [0.2, 0.25) is 0 Å². The maximum atomic E-state index is 4.72. The van der Waals surface area contributed by atoms with Gasteiger partial charge in [-0.3, -0.25) is 0 Å². The first-order chi connectivity index (χ1) is 9.73. The van der Waals surface area contributed by atoms with E-state index >= 15 is 0 Å². The average molecular weight is 310 g/mol.